The van der Waals surface area contributed by atoms with Gasteiger partial charge in [-0.25, -0.2) is 0 Å². The minimum Gasteiger partial charge on any atom is -0.313 e. The van der Waals surface area contributed by atoms with Gasteiger partial charge in [0.15, 0.2) is 0 Å². The lowest BCUT2D eigenvalue weighted by atomic mass is 9.94. The molecule has 0 bridgehead atoms. The molecular formula is C14H19BrClN. The average molecular weight is 317 g/mol. The maximum Gasteiger partial charge on any atom is 0.0465 e. The molecule has 1 aliphatic rings. The van der Waals surface area contributed by atoms with E-state index in [2.05, 4.69) is 33.4 Å². The molecule has 0 spiro atoms. The van der Waals surface area contributed by atoms with E-state index in [0.717, 1.165) is 15.4 Å². The monoisotopic (exact) mass is 315 g/mol. The molecule has 1 nitrogen and oxygen atoms in total. The molecule has 1 fully saturated rings. The molecule has 0 amide bonds. The number of halogens is 2. The van der Waals surface area contributed by atoms with Crippen LogP contribution in [0.5, 0.6) is 0 Å². The van der Waals surface area contributed by atoms with E-state index >= 15 is 0 Å². The third kappa shape index (κ3) is 3.46. The molecule has 1 unspecified atom stereocenters. The second kappa shape index (κ2) is 6.21. The third-order valence-electron chi connectivity index (χ3n) is 3.73. The van der Waals surface area contributed by atoms with Crippen LogP contribution in [0.4, 0.5) is 0 Å². The smallest absolute Gasteiger partial charge is 0.0465 e. The van der Waals surface area contributed by atoms with E-state index in [1.165, 1.54) is 37.7 Å². The Morgan fingerprint density at radius 3 is 2.71 bits per heavy atom. The van der Waals surface area contributed by atoms with Crippen molar-refractivity contribution < 1.29 is 0 Å². The molecule has 94 valence electrons. The van der Waals surface area contributed by atoms with E-state index in [1.54, 1.807) is 0 Å². The predicted molar refractivity (Wildman–Crippen MR) is 77.5 cm³/mol. The third-order valence-corrected chi connectivity index (χ3v) is 4.55. The fourth-order valence-electron chi connectivity index (χ4n) is 2.76. The molecule has 0 heterocycles. The minimum atomic E-state index is 0.388. The predicted octanol–water partition coefficient (Wildman–Crippen LogP) is 4.94. The number of benzene rings is 1. The summed E-state index contributed by atoms with van der Waals surface area (Å²) in [6, 6.07) is 6.57. The number of hydrogen-bond acceptors (Lipinski definition) is 1. The molecule has 0 saturated heterocycles. The average Bonchev–Trinajstić information content (AvgIpc) is 2.79. The van der Waals surface area contributed by atoms with Gasteiger partial charge in [-0.2, -0.15) is 0 Å². The Hall–Kier alpha value is -0.0500. The van der Waals surface area contributed by atoms with Crippen LogP contribution in [0.25, 0.3) is 0 Å². The summed E-state index contributed by atoms with van der Waals surface area (Å²) in [5, 5.41) is 4.26. The van der Waals surface area contributed by atoms with Gasteiger partial charge in [-0.3, -0.25) is 0 Å². The van der Waals surface area contributed by atoms with Crippen LogP contribution < -0.4 is 5.32 Å². The van der Waals surface area contributed by atoms with Crippen molar-refractivity contribution in [2.24, 2.45) is 5.92 Å². The first-order chi connectivity index (χ1) is 8.20. The van der Waals surface area contributed by atoms with E-state index < -0.39 is 0 Å². The van der Waals surface area contributed by atoms with Crippen LogP contribution in [-0.4, -0.2) is 7.05 Å². The molecule has 1 aromatic carbocycles. The zero-order chi connectivity index (χ0) is 12.3. The van der Waals surface area contributed by atoms with Crippen LogP contribution >= 0.6 is 27.5 Å². The summed E-state index contributed by atoms with van der Waals surface area (Å²) in [5.41, 5.74) is 1.23. The largest absolute Gasteiger partial charge is 0.313 e. The van der Waals surface area contributed by atoms with Gasteiger partial charge in [-0.05, 0) is 37.1 Å². The first-order valence-electron chi connectivity index (χ1n) is 6.33. The van der Waals surface area contributed by atoms with Crippen molar-refractivity contribution in [3.8, 4) is 0 Å². The Morgan fingerprint density at radius 1 is 1.41 bits per heavy atom. The molecule has 0 radical (unpaired) electrons. The summed E-state index contributed by atoms with van der Waals surface area (Å²) in [7, 11) is 2.03. The van der Waals surface area contributed by atoms with Crippen LogP contribution in [-0.2, 0) is 0 Å². The number of hydrogen-bond donors (Lipinski definition) is 1. The van der Waals surface area contributed by atoms with E-state index in [0.29, 0.717) is 6.04 Å². The topological polar surface area (TPSA) is 12.0 Å². The zero-order valence-corrected chi connectivity index (χ0v) is 12.5. The normalized spacial score (nSPS) is 18.5. The van der Waals surface area contributed by atoms with Crippen LogP contribution in [0.3, 0.4) is 0 Å². The lowest BCUT2D eigenvalue weighted by molar-refractivity contribution is 0.413. The maximum atomic E-state index is 6.32. The number of rotatable bonds is 4. The Labute approximate surface area is 117 Å². The van der Waals surface area contributed by atoms with Gasteiger partial charge in [0, 0.05) is 15.5 Å². The lowest BCUT2D eigenvalue weighted by Crippen LogP contribution is -2.19. The lowest BCUT2D eigenvalue weighted by Gasteiger charge is -2.21. The second-order valence-electron chi connectivity index (χ2n) is 4.89. The van der Waals surface area contributed by atoms with Gasteiger partial charge < -0.3 is 5.32 Å². The van der Waals surface area contributed by atoms with Crippen molar-refractivity contribution >= 4 is 27.5 Å². The standard InChI is InChI=1S/C14H19BrClN/c1-17-14(8-10-4-2-3-5-10)12-7-6-11(15)9-13(12)16/h6-7,9-10,14,17H,2-5,8H2,1H3. The molecule has 1 aliphatic carbocycles. The fraction of sp³-hybridized carbons (Fsp3) is 0.571. The van der Waals surface area contributed by atoms with Gasteiger partial charge in [-0.1, -0.05) is 59.3 Å². The summed E-state index contributed by atoms with van der Waals surface area (Å²) < 4.78 is 1.04. The van der Waals surface area contributed by atoms with Crippen LogP contribution in [0.1, 0.15) is 43.7 Å². The highest BCUT2D eigenvalue weighted by Crippen LogP contribution is 2.35. The molecule has 17 heavy (non-hydrogen) atoms. The second-order valence-corrected chi connectivity index (χ2v) is 6.22. The quantitative estimate of drug-likeness (QED) is 0.829. The molecule has 1 aromatic rings. The fourth-order valence-corrected chi connectivity index (χ4v) is 3.57. The Balaban J connectivity index is 2.10. The first kappa shape index (κ1) is 13.4. The van der Waals surface area contributed by atoms with E-state index in [-0.39, 0.29) is 0 Å². The SMILES string of the molecule is CNC(CC1CCCC1)c1ccc(Br)cc1Cl. The van der Waals surface area contributed by atoms with Gasteiger partial charge in [0.2, 0.25) is 0 Å². The van der Waals surface area contributed by atoms with Crippen molar-refractivity contribution in [3.05, 3.63) is 33.3 Å². The van der Waals surface area contributed by atoms with Crippen LogP contribution in [0.15, 0.2) is 22.7 Å². The minimum absolute atomic E-state index is 0.388. The van der Waals surface area contributed by atoms with E-state index in [1.807, 2.05) is 13.1 Å². The van der Waals surface area contributed by atoms with Gasteiger partial charge in [-0.15, -0.1) is 0 Å². The summed E-state index contributed by atoms with van der Waals surface area (Å²) >= 11 is 9.77. The summed E-state index contributed by atoms with van der Waals surface area (Å²) in [4.78, 5) is 0. The van der Waals surface area contributed by atoms with Gasteiger partial charge in [0.05, 0.1) is 0 Å². The molecule has 0 aromatic heterocycles. The molecule has 1 saturated carbocycles. The summed E-state index contributed by atoms with van der Waals surface area (Å²) in [5.74, 6) is 0.868. The van der Waals surface area contributed by atoms with Gasteiger partial charge >= 0.3 is 0 Å². The molecular weight excluding hydrogens is 298 g/mol. The van der Waals surface area contributed by atoms with Crippen LogP contribution in [0, 0.1) is 5.92 Å². The van der Waals surface area contributed by atoms with Crippen molar-refractivity contribution in [3.63, 3.8) is 0 Å². The molecule has 0 aliphatic heterocycles. The first-order valence-corrected chi connectivity index (χ1v) is 7.50. The van der Waals surface area contributed by atoms with Crippen molar-refractivity contribution in [2.75, 3.05) is 7.05 Å². The Kier molecular flexibility index (Phi) is 4.89. The van der Waals surface area contributed by atoms with Crippen molar-refractivity contribution in [2.45, 2.75) is 38.1 Å². The number of nitrogens with one attached hydrogen (secondary N) is 1. The van der Waals surface area contributed by atoms with E-state index in [4.69, 9.17) is 11.6 Å². The molecule has 3 heteroatoms. The van der Waals surface area contributed by atoms with Crippen LogP contribution in [0.2, 0.25) is 5.02 Å². The van der Waals surface area contributed by atoms with Gasteiger partial charge in [0.1, 0.15) is 0 Å². The Morgan fingerprint density at radius 2 is 2.12 bits per heavy atom. The van der Waals surface area contributed by atoms with Crippen molar-refractivity contribution in [1.82, 2.24) is 5.32 Å². The molecule has 2 rings (SSSR count). The summed E-state index contributed by atoms with van der Waals surface area (Å²) in [6.45, 7) is 0. The van der Waals surface area contributed by atoms with E-state index in [9.17, 15) is 0 Å². The Bertz CT molecular complexity index is 374. The highest BCUT2D eigenvalue weighted by molar-refractivity contribution is 9.10. The zero-order valence-electron chi connectivity index (χ0n) is 10.2. The van der Waals surface area contributed by atoms with Gasteiger partial charge in [0.25, 0.3) is 0 Å². The summed E-state index contributed by atoms with van der Waals surface area (Å²) in [6.07, 6.45) is 6.76. The highest BCUT2D eigenvalue weighted by Gasteiger charge is 2.21. The maximum absolute atomic E-state index is 6.32. The molecule has 1 N–H and O–H groups in total. The van der Waals surface area contributed by atoms with Crippen molar-refractivity contribution in [1.29, 1.82) is 0 Å². The highest BCUT2D eigenvalue weighted by atomic mass is 79.9. The molecule has 1 atom stereocenters.